The van der Waals surface area contributed by atoms with E-state index in [0.29, 0.717) is 6.42 Å². The normalized spacial score (nSPS) is 28.5. The number of benzene rings is 1. The average Bonchev–Trinajstić information content (AvgIpc) is 2.27. The van der Waals surface area contributed by atoms with Crippen LogP contribution in [-0.4, -0.2) is 28.7 Å². The second-order valence-electron chi connectivity index (χ2n) is 4.28. The molecule has 5 heteroatoms. The van der Waals surface area contributed by atoms with Gasteiger partial charge in [-0.15, -0.1) is 0 Å². The molecule has 2 unspecified atom stereocenters. The zero-order chi connectivity index (χ0) is 12.5. The number of piperazine rings is 1. The summed E-state index contributed by atoms with van der Waals surface area (Å²) in [5.41, 5.74) is -0.862. The van der Waals surface area contributed by atoms with E-state index in [0.717, 1.165) is 5.56 Å². The van der Waals surface area contributed by atoms with Crippen LogP contribution in [0, 0.1) is 0 Å². The van der Waals surface area contributed by atoms with Gasteiger partial charge in [0.15, 0.2) is 0 Å². The summed E-state index contributed by atoms with van der Waals surface area (Å²) in [7, 11) is 0. The number of hydrogen-bond acceptors (Lipinski definition) is 3. The Balaban J connectivity index is 2.09. The van der Waals surface area contributed by atoms with Crippen molar-refractivity contribution in [2.45, 2.75) is 25.1 Å². The summed E-state index contributed by atoms with van der Waals surface area (Å²) in [6.07, 6.45) is 0.411. The summed E-state index contributed by atoms with van der Waals surface area (Å²) < 4.78 is 0. The molecule has 5 nitrogen and oxygen atoms in total. The van der Waals surface area contributed by atoms with E-state index in [-0.39, 0.29) is 5.91 Å². The molecule has 0 saturated carbocycles. The number of aliphatic hydroxyl groups is 1. The molecule has 0 bridgehead atoms. The van der Waals surface area contributed by atoms with Gasteiger partial charge in [0, 0.05) is 6.42 Å². The Bertz CT molecular complexity index is 442. The van der Waals surface area contributed by atoms with E-state index in [1.807, 2.05) is 30.3 Å². The Labute approximate surface area is 98.8 Å². The maximum absolute atomic E-state index is 11.7. The predicted octanol–water partition coefficient (Wildman–Crippen LogP) is -0.448. The highest BCUT2D eigenvalue weighted by molar-refractivity contribution is 5.98. The van der Waals surface area contributed by atoms with Gasteiger partial charge >= 0.3 is 0 Å². The molecule has 90 valence electrons. The highest BCUT2D eigenvalue weighted by Crippen LogP contribution is 2.10. The molecular formula is C12H14N2O3. The van der Waals surface area contributed by atoms with E-state index in [2.05, 4.69) is 10.6 Å². The molecule has 1 aliphatic rings. The lowest BCUT2D eigenvalue weighted by molar-refractivity contribution is -0.155. The predicted molar refractivity (Wildman–Crippen MR) is 60.8 cm³/mol. The van der Waals surface area contributed by atoms with Gasteiger partial charge in [-0.05, 0) is 12.5 Å². The highest BCUT2D eigenvalue weighted by atomic mass is 16.3. The second kappa shape index (κ2) is 4.18. The van der Waals surface area contributed by atoms with Gasteiger partial charge in [-0.25, -0.2) is 0 Å². The molecule has 2 rings (SSSR count). The minimum absolute atomic E-state index is 0.376. The minimum Gasteiger partial charge on any atom is -0.363 e. The molecule has 1 aromatic carbocycles. The van der Waals surface area contributed by atoms with Crippen LogP contribution in [0.4, 0.5) is 0 Å². The molecule has 1 heterocycles. The first-order chi connectivity index (χ1) is 7.99. The lowest BCUT2D eigenvalue weighted by Gasteiger charge is -2.33. The molecule has 3 N–H and O–H groups in total. The van der Waals surface area contributed by atoms with Gasteiger partial charge in [-0.1, -0.05) is 30.3 Å². The van der Waals surface area contributed by atoms with E-state index in [9.17, 15) is 14.7 Å². The third-order valence-electron chi connectivity index (χ3n) is 2.71. The lowest BCUT2D eigenvalue weighted by Crippen LogP contribution is -2.68. The fourth-order valence-electron chi connectivity index (χ4n) is 1.74. The van der Waals surface area contributed by atoms with Crippen molar-refractivity contribution in [1.29, 1.82) is 0 Å². The minimum atomic E-state index is -1.82. The summed E-state index contributed by atoms with van der Waals surface area (Å²) in [5.74, 6) is -0.962. The number of amides is 2. The lowest BCUT2D eigenvalue weighted by atomic mass is 10.0. The SMILES string of the molecule is CC1(O)NC(=O)C(Cc2ccccc2)NC1=O. The van der Waals surface area contributed by atoms with Gasteiger partial charge in [0.1, 0.15) is 6.04 Å². The molecule has 1 saturated heterocycles. The van der Waals surface area contributed by atoms with Gasteiger partial charge < -0.3 is 15.7 Å². The maximum Gasteiger partial charge on any atom is 0.273 e. The smallest absolute Gasteiger partial charge is 0.273 e. The number of rotatable bonds is 2. The van der Waals surface area contributed by atoms with Crippen molar-refractivity contribution < 1.29 is 14.7 Å². The molecule has 0 aromatic heterocycles. The Hall–Kier alpha value is -1.88. The van der Waals surface area contributed by atoms with E-state index in [1.165, 1.54) is 6.92 Å². The van der Waals surface area contributed by atoms with E-state index in [1.54, 1.807) is 0 Å². The van der Waals surface area contributed by atoms with Crippen LogP contribution in [0.15, 0.2) is 30.3 Å². The van der Waals surface area contributed by atoms with Crippen LogP contribution in [0.1, 0.15) is 12.5 Å². The van der Waals surface area contributed by atoms with Gasteiger partial charge in [0.05, 0.1) is 0 Å². The average molecular weight is 234 g/mol. The molecule has 0 aliphatic carbocycles. The molecular weight excluding hydrogens is 220 g/mol. The molecule has 1 aromatic rings. The first-order valence-corrected chi connectivity index (χ1v) is 5.38. The fraction of sp³-hybridized carbons (Fsp3) is 0.333. The number of carbonyl (C=O) groups is 2. The fourth-order valence-corrected chi connectivity index (χ4v) is 1.74. The van der Waals surface area contributed by atoms with Crippen LogP contribution >= 0.6 is 0 Å². The van der Waals surface area contributed by atoms with Crippen LogP contribution in [-0.2, 0) is 16.0 Å². The van der Waals surface area contributed by atoms with Crippen molar-refractivity contribution >= 4 is 11.8 Å². The summed E-state index contributed by atoms with van der Waals surface area (Å²) in [6.45, 7) is 1.25. The van der Waals surface area contributed by atoms with Crippen LogP contribution in [0.2, 0.25) is 0 Å². The molecule has 2 amide bonds. The summed E-state index contributed by atoms with van der Waals surface area (Å²) in [6, 6.07) is 8.75. The second-order valence-corrected chi connectivity index (χ2v) is 4.28. The summed E-state index contributed by atoms with van der Waals surface area (Å²) in [5, 5.41) is 14.3. The zero-order valence-corrected chi connectivity index (χ0v) is 9.43. The zero-order valence-electron chi connectivity index (χ0n) is 9.43. The van der Waals surface area contributed by atoms with Crippen molar-refractivity contribution in [3.05, 3.63) is 35.9 Å². The van der Waals surface area contributed by atoms with Crippen molar-refractivity contribution in [3.8, 4) is 0 Å². The van der Waals surface area contributed by atoms with E-state index in [4.69, 9.17) is 0 Å². The van der Waals surface area contributed by atoms with Crippen LogP contribution in [0.25, 0.3) is 0 Å². The van der Waals surface area contributed by atoms with Crippen molar-refractivity contribution in [1.82, 2.24) is 10.6 Å². The van der Waals surface area contributed by atoms with Crippen molar-refractivity contribution in [2.75, 3.05) is 0 Å². The Kier molecular flexibility index (Phi) is 2.85. The monoisotopic (exact) mass is 234 g/mol. The molecule has 0 radical (unpaired) electrons. The van der Waals surface area contributed by atoms with Crippen molar-refractivity contribution in [3.63, 3.8) is 0 Å². The Morgan fingerprint density at radius 3 is 2.59 bits per heavy atom. The Morgan fingerprint density at radius 2 is 1.94 bits per heavy atom. The third-order valence-corrected chi connectivity index (χ3v) is 2.71. The Morgan fingerprint density at radius 1 is 1.29 bits per heavy atom. The molecule has 1 aliphatic heterocycles. The number of hydrogen-bond donors (Lipinski definition) is 3. The summed E-state index contributed by atoms with van der Waals surface area (Å²) >= 11 is 0. The third kappa shape index (κ3) is 2.45. The number of nitrogens with one attached hydrogen (secondary N) is 2. The van der Waals surface area contributed by atoms with Crippen molar-refractivity contribution in [2.24, 2.45) is 0 Å². The van der Waals surface area contributed by atoms with Gasteiger partial charge in [-0.3, -0.25) is 9.59 Å². The quantitative estimate of drug-likeness (QED) is 0.648. The standard InChI is InChI=1S/C12H14N2O3/c1-12(17)11(16)13-9(10(15)14-12)7-8-5-3-2-4-6-8/h2-6,9,17H,7H2,1H3,(H,13,16)(H,14,15). The van der Waals surface area contributed by atoms with Crippen LogP contribution in [0.5, 0.6) is 0 Å². The first kappa shape index (κ1) is 11.6. The molecule has 0 spiro atoms. The van der Waals surface area contributed by atoms with Crippen LogP contribution < -0.4 is 10.6 Å². The van der Waals surface area contributed by atoms with Gasteiger partial charge in [-0.2, -0.15) is 0 Å². The maximum atomic E-state index is 11.7. The van der Waals surface area contributed by atoms with E-state index < -0.39 is 17.7 Å². The molecule has 1 fully saturated rings. The topological polar surface area (TPSA) is 78.4 Å². The van der Waals surface area contributed by atoms with Crippen LogP contribution in [0.3, 0.4) is 0 Å². The summed E-state index contributed by atoms with van der Waals surface area (Å²) in [4.78, 5) is 23.2. The molecule has 17 heavy (non-hydrogen) atoms. The highest BCUT2D eigenvalue weighted by Gasteiger charge is 2.41. The largest absolute Gasteiger partial charge is 0.363 e. The molecule has 2 atom stereocenters. The van der Waals surface area contributed by atoms with Gasteiger partial charge in [0.2, 0.25) is 11.6 Å². The first-order valence-electron chi connectivity index (χ1n) is 5.38. The van der Waals surface area contributed by atoms with E-state index >= 15 is 0 Å². The number of carbonyl (C=O) groups excluding carboxylic acids is 2. The van der Waals surface area contributed by atoms with Gasteiger partial charge in [0.25, 0.3) is 5.91 Å².